The van der Waals surface area contributed by atoms with Gasteiger partial charge in [0.1, 0.15) is 13.2 Å². The van der Waals surface area contributed by atoms with Crippen molar-refractivity contribution in [3.05, 3.63) is 23.0 Å². The maximum atomic E-state index is 5.94. The van der Waals surface area contributed by atoms with E-state index in [1.165, 1.54) is 0 Å². The summed E-state index contributed by atoms with van der Waals surface area (Å²) in [7, 11) is -3.33. The molecule has 0 bridgehead atoms. The topological polar surface area (TPSA) is 36.9 Å². The Bertz CT molecular complexity index is 367. The highest BCUT2D eigenvalue weighted by Crippen LogP contribution is 2.17. The zero-order valence-electron chi connectivity index (χ0n) is 16.0. The van der Waals surface area contributed by atoms with Crippen LogP contribution in [0.1, 0.15) is 27.7 Å². The second kappa shape index (κ2) is 8.67. The summed E-state index contributed by atoms with van der Waals surface area (Å²) in [5, 5.41) is 0. The van der Waals surface area contributed by atoms with Gasteiger partial charge < -0.3 is 18.3 Å². The zero-order chi connectivity index (χ0) is 17.6. The molecule has 0 aliphatic heterocycles. The molecule has 0 amide bonds. The quantitative estimate of drug-likeness (QED) is 0.325. The molecule has 0 aromatic rings. The van der Waals surface area contributed by atoms with Gasteiger partial charge in [-0.3, -0.25) is 0 Å². The van der Waals surface area contributed by atoms with E-state index in [9.17, 15) is 0 Å². The lowest BCUT2D eigenvalue weighted by Gasteiger charge is -2.24. The Balaban J connectivity index is 4.45. The van der Waals surface area contributed by atoms with Crippen LogP contribution in [-0.4, -0.2) is 29.8 Å². The number of rotatable bonds is 9. The second-order valence-electron chi connectivity index (χ2n) is 7.70. The van der Waals surface area contributed by atoms with E-state index in [1.807, 2.05) is 27.7 Å². The Morgan fingerprint density at radius 2 is 0.864 bits per heavy atom. The van der Waals surface area contributed by atoms with E-state index in [0.717, 1.165) is 11.1 Å². The molecule has 4 nitrogen and oxygen atoms in total. The highest BCUT2D eigenvalue weighted by molar-refractivity contribution is 6.70. The standard InChI is InChI=1S/C16H34O4Si2/c1-13(2)15(19-21(5,6)7)17-11-12-18-16(14(3)4)20-22(8,9)10/h11-12H2,1-10H3. The van der Waals surface area contributed by atoms with Gasteiger partial charge in [-0.25, -0.2) is 0 Å². The molecule has 0 aliphatic carbocycles. The van der Waals surface area contributed by atoms with E-state index in [-0.39, 0.29) is 0 Å². The first-order chi connectivity index (χ1) is 9.82. The molecule has 0 spiro atoms. The van der Waals surface area contributed by atoms with Crippen LogP contribution in [0.25, 0.3) is 0 Å². The van der Waals surface area contributed by atoms with Crippen molar-refractivity contribution in [3.63, 3.8) is 0 Å². The van der Waals surface area contributed by atoms with Crippen LogP contribution < -0.4 is 0 Å². The largest absolute Gasteiger partial charge is 0.520 e. The van der Waals surface area contributed by atoms with Crippen molar-refractivity contribution >= 4 is 16.6 Å². The number of allylic oxidation sites excluding steroid dienone is 2. The van der Waals surface area contributed by atoms with Crippen molar-refractivity contribution in [3.8, 4) is 0 Å². The minimum Gasteiger partial charge on any atom is -0.520 e. The molecule has 0 aromatic heterocycles. The molecule has 0 saturated heterocycles. The monoisotopic (exact) mass is 346 g/mol. The van der Waals surface area contributed by atoms with E-state index in [4.69, 9.17) is 18.3 Å². The smallest absolute Gasteiger partial charge is 0.263 e. The number of ether oxygens (including phenoxy) is 2. The molecule has 0 unspecified atom stereocenters. The molecule has 0 N–H and O–H groups in total. The van der Waals surface area contributed by atoms with Crippen molar-refractivity contribution in [2.24, 2.45) is 0 Å². The van der Waals surface area contributed by atoms with Gasteiger partial charge in [0, 0.05) is 11.1 Å². The summed E-state index contributed by atoms with van der Waals surface area (Å²) in [4.78, 5) is 0. The van der Waals surface area contributed by atoms with Crippen LogP contribution in [0, 0.1) is 0 Å². The van der Waals surface area contributed by atoms with E-state index >= 15 is 0 Å². The van der Waals surface area contributed by atoms with Gasteiger partial charge >= 0.3 is 0 Å². The van der Waals surface area contributed by atoms with Gasteiger partial charge in [0.2, 0.25) is 16.6 Å². The summed E-state index contributed by atoms with van der Waals surface area (Å²) in [6.45, 7) is 21.7. The van der Waals surface area contributed by atoms with Crippen LogP contribution in [0.4, 0.5) is 0 Å². The van der Waals surface area contributed by atoms with Crippen LogP contribution in [0.2, 0.25) is 39.3 Å². The van der Waals surface area contributed by atoms with Gasteiger partial charge in [0.05, 0.1) is 0 Å². The average molecular weight is 347 g/mol. The molecule has 0 rings (SSSR count). The van der Waals surface area contributed by atoms with Gasteiger partial charge in [0.15, 0.2) is 0 Å². The third-order valence-electron chi connectivity index (χ3n) is 2.16. The SMILES string of the molecule is CC(C)=C(OCCOC(O[Si](C)(C)C)=C(C)C)O[Si](C)(C)C. The predicted octanol–water partition coefficient (Wildman–Crippen LogP) is 5.23. The Labute approximate surface area is 138 Å². The van der Waals surface area contributed by atoms with Crippen LogP contribution >= 0.6 is 0 Å². The van der Waals surface area contributed by atoms with Gasteiger partial charge in [-0.1, -0.05) is 0 Å². The minimum absolute atomic E-state index is 0.441. The maximum absolute atomic E-state index is 5.94. The molecular weight excluding hydrogens is 312 g/mol. The summed E-state index contributed by atoms with van der Waals surface area (Å²) in [6, 6.07) is 0. The molecule has 0 aliphatic rings. The highest BCUT2D eigenvalue weighted by Gasteiger charge is 2.21. The lowest BCUT2D eigenvalue weighted by molar-refractivity contribution is 0.0301. The fourth-order valence-corrected chi connectivity index (χ4v) is 3.02. The van der Waals surface area contributed by atoms with Crippen molar-refractivity contribution in [1.29, 1.82) is 0 Å². The van der Waals surface area contributed by atoms with E-state index < -0.39 is 16.6 Å². The Hall–Kier alpha value is -0.886. The van der Waals surface area contributed by atoms with Crippen LogP contribution in [0.5, 0.6) is 0 Å². The maximum Gasteiger partial charge on any atom is 0.263 e. The molecule has 6 heteroatoms. The van der Waals surface area contributed by atoms with E-state index in [2.05, 4.69) is 39.3 Å². The van der Waals surface area contributed by atoms with Gasteiger partial charge in [-0.2, -0.15) is 0 Å². The van der Waals surface area contributed by atoms with Gasteiger partial charge in [0.25, 0.3) is 11.9 Å². The third kappa shape index (κ3) is 10.8. The second-order valence-corrected chi connectivity index (χ2v) is 16.6. The fourth-order valence-electron chi connectivity index (χ4n) is 1.38. The Kier molecular flexibility index (Phi) is 8.32. The predicted molar refractivity (Wildman–Crippen MR) is 97.5 cm³/mol. The van der Waals surface area contributed by atoms with Crippen molar-refractivity contribution in [2.45, 2.75) is 67.0 Å². The molecule has 0 saturated carbocycles. The zero-order valence-corrected chi connectivity index (χ0v) is 18.0. The highest BCUT2D eigenvalue weighted by atomic mass is 28.4. The first-order valence-corrected chi connectivity index (χ1v) is 14.6. The van der Waals surface area contributed by atoms with Crippen LogP contribution in [0.3, 0.4) is 0 Å². The van der Waals surface area contributed by atoms with E-state index in [0.29, 0.717) is 25.1 Å². The normalized spacial score (nSPS) is 11.5. The minimum atomic E-state index is -1.67. The van der Waals surface area contributed by atoms with E-state index in [1.54, 1.807) is 0 Å². The first kappa shape index (κ1) is 21.1. The summed E-state index contributed by atoms with van der Waals surface area (Å²) >= 11 is 0. The van der Waals surface area contributed by atoms with Crippen molar-refractivity contribution < 1.29 is 18.3 Å². The Morgan fingerprint density at radius 3 is 1.05 bits per heavy atom. The lowest BCUT2D eigenvalue weighted by atomic mass is 10.4. The van der Waals surface area contributed by atoms with Crippen LogP contribution in [-0.2, 0) is 18.3 Å². The molecule has 0 radical (unpaired) electrons. The third-order valence-corrected chi connectivity index (χ3v) is 3.76. The Morgan fingerprint density at radius 1 is 0.591 bits per heavy atom. The molecule has 0 heterocycles. The molecule has 22 heavy (non-hydrogen) atoms. The number of hydrogen-bond acceptors (Lipinski definition) is 4. The van der Waals surface area contributed by atoms with Gasteiger partial charge in [-0.05, 0) is 67.0 Å². The fraction of sp³-hybridized carbons (Fsp3) is 0.750. The van der Waals surface area contributed by atoms with Crippen LogP contribution in [0.15, 0.2) is 23.0 Å². The van der Waals surface area contributed by atoms with Crippen molar-refractivity contribution in [1.82, 2.24) is 0 Å². The molecule has 0 fully saturated rings. The van der Waals surface area contributed by atoms with Crippen molar-refractivity contribution in [2.75, 3.05) is 13.2 Å². The lowest BCUT2D eigenvalue weighted by Crippen LogP contribution is -2.27. The summed E-state index contributed by atoms with van der Waals surface area (Å²) in [5.41, 5.74) is 2.09. The molecule has 0 aromatic carbocycles. The molecule has 130 valence electrons. The molecular formula is C16H34O4Si2. The first-order valence-electron chi connectivity index (χ1n) is 7.80. The van der Waals surface area contributed by atoms with Gasteiger partial charge in [-0.15, -0.1) is 0 Å². The summed E-state index contributed by atoms with van der Waals surface area (Å²) in [6.07, 6.45) is 0. The number of hydrogen-bond donors (Lipinski definition) is 0. The summed E-state index contributed by atoms with van der Waals surface area (Å²) in [5.74, 6) is 1.26. The summed E-state index contributed by atoms with van der Waals surface area (Å²) < 4.78 is 23.4. The molecule has 0 atom stereocenters. The average Bonchev–Trinajstić information content (AvgIpc) is 2.27.